The minimum absolute atomic E-state index is 0.221. The quantitative estimate of drug-likeness (QED) is 0.727. The molecule has 0 bridgehead atoms. The van der Waals surface area contributed by atoms with Gasteiger partial charge in [-0.05, 0) is 33.2 Å². The van der Waals surface area contributed by atoms with Crippen LogP contribution < -0.4 is 11.1 Å². The van der Waals surface area contributed by atoms with Crippen molar-refractivity contribution in [2.24, 2.45) is 5.73 Å². The number of nitrogens with two attached hydrogens (primary N) is 1. The number of aromatic nitrogens is 2. The zero-order valence-corrected chi connectivity index (χ0v) is 8.58. The summed E-state index contributed by atoms with van der Waals surface area (Å²) in [6.45, 7) is 4.73. The van der Waals surface area contributed by atoms with Crippen LogP contribution in [0.15, 0.2) is 4.42 Å². The highest BCUT2D eigenvalue weighted by Gasteiger charge is 2.26. The summed E-state index contributed by atoms with van der Waals surface area (Å²) in [6, 6.07) is 0.221. The fourth-order valence-corrected chi connectivity index (χ4v) is 1.53. The van der Waals surface area contributed by atoms with Gasteiger partial charge in [-0.15, -0.1) is 10.2 Å². The first-order chi connectivity index (χ1) is 6.57. The van der Waals surface area contributed by atoms with E-state index in [4.69, 9.17) is 10.2 Å². The molecule has 1 aliphatic heterocycles. The predicted octanol–water partition coefficient (Wildman–Crippen LogP) is 0.688. The smallest absolute Gasteiger partial charge is 0.235 e. The molecule has 1 aromatic heterocycles. The third-order valence-electron chi connectivity index (χ3n) is 2.35. The van der Waals surface area contributed by atoms with Crippen LogP contribution in [0.4, 0.5) is 0 Å². The van der Waals surface area contributed by atoms with Crippen LogP contribution in [-0.4, -0.2) is 16.7 Å². The van der Waals surface area contributed by atoms with Gasteiger partial charge in [-0.25, -0.2) is 0 Å². The average Bonchev–Trinajstić information content (AvgIpc) is 2.73. The molecule has 2 heterocycles. The van der Waals surface area contributed by atoms with Crippen LogP contribution in [0.25, 0.3) is 0 Å². The number of hydrogen-bond acceptors (Lipinski definition) is 5. The second-order valence-corrected chi connectivity index (χ2v) is 4.32. The lowest BCUT2D eigenvalue weighted by molar-refractivity contribution is 0.340. The summed E-state index contributed by atoms with van der Waals surface area (Å²) in [5.74, 6) is 1.16. The van der Waals surface area contributed by atoms with Crippen LogP contribution in [0, 0.1) is 0 Å². The van der Waals surface area contributed by atoms with E-state index >= 15 is 0 Å². The van der Waals surface area contributed by atoms with Crippen molar-refractivity contribution in [1.29, 1.82) is 0 Å². The van der Waals surface area contributed by atoms with Crippen LogP contribution >= 0.6 is 0 Å². The van der Waals surface area contributed by atoms with Crippen molar-refractivity contribution in [2.75, 3.05) is 6.54 Å². The molecule has 2 rings (SSSR count). The summed E-state index contributed by atoms with van der Waals surface area (Å²) in [5, 5.41) is 11.3. The van der Waals surface area contributed by atoms with E-state index in [9.17, 15) is 0 Å². The van der Waals surface area contributed by atoms with Gasteiger partial charge in [0.2, 0.25) is 11.8 Å². The van der Waals surface area contributed by atoms with E-state index in [1.54, 1.807) is 0 Å². The molecule has 14 heavy (non-hydrogen) atoms. The molecular weight excluding hydrogens is 180 g/mol. The van der Waals surface area contributed by atoms with Gasteiger partial charge in [0.1, 0.15) is 0 Å². The third kappa shape index (κ3) is 1.78. The second-order valence-electron chi connectivity index (χ2n) is 4.32. The zero-order chi connectivity index (χ0) is 10.2. The van der Waals surface area contributed by atoms with Crippen LogP contribution in [0.1, 0.15) is 44.5 Å². The van der Waals surface area contributed by atoms with E-state index in [2.05, 4.69) is 15.5 Å². The Balaban J connectivity index is 2.17. The predicted molar refractivity (Wildman–Crippen MR) is 51.5 cm³/mol. The summed E-state index contributed by atoms with van der Waals surface area (Å²) >= 11 is 0. The Hall–Kier alpha value is -0.940. The molecule has 0 aromatic carbocycles. The molecule has 0 saturated carbocycles. The van der Waals surface area contributed by atoms with Crippen LogP contribution in [0.3, 0.4) is 0 Å². The summed E-state index contributed by atoms with van der Waals surface area (Å²) in [6.07, 6.45) is 2.22. The van der Waals surface area contributed by atoms with Crippen LogP contribution in [0.2, 0.25) is 0 Å². The van der Waals surface area contributed by atoms with Gasteiger partial charge in [0.05, 0.1) is 11.6 Å². The molecule has 0 amide bonds. The molecule has 5 nitrogen and oxygen atoms in total. The number of hydrogen-bond donors (Lipinski definition) is 2. The average molecular weight is 196 g/mol. The Kier molecular flexibility index (Phi) is 2.28. The molecule has 3 N–H and O–H groups in total. The van der Waals surface area contributed by atoms with Crippen molar-refractivity contribution in [1.82, 2.24) is 15.5 Å². The largest absolute Gasteiger partial charge is 0.422 e. The van der Waals surface area contributed by atoms with E-state index in [1.807, 2.05) is 13.8 Å². The first-order valence-corrected chi connectivity index (χ1v) is 4.93. The topological polar surface area (TPSA) is 77.0 Å². The first-order valence-electron chi connectivity index (χ1n) is 4.93. The second kappa shape index (κ2) is 3.33. The molecule has 5 heteroatoms. The number of nitrogens with one attached hydrogen (secondary N) is 1. The highest BCUT2D eigenvalue weighted by atomic mass is 16.4. The van der Waals surface area contributed by atoms with Gasteiger partial charge >= 0.3 is 0 Å². The Morgan fingerprint density at radius 3 is 2.79 bits per heavy atom. The van der Waals surface area contributed by atoms with Gasteiger partial charge in [-0.2, -0.15) is 0 Å². The van der Waals surface area contributed by atoms with Gasteiger partial charge in [0.25, 0.3) is 0 Å². The SMILES string of the molecule is CC(C)(N)c1nnc([C@@H]2CCCN2)o1. The van der Waals surface area contributed by atoms with Gasteiger partial charge in [0, 0.05) is 0 Å². The molecule has 0 spiro atoms. The zero-order valence-electron chi connectivity index (χ0n) is 8.58. The molecule has 0 radical (unpaired) electrons. The molecule has 1 atom stereocenters. The van der Waals surface area contributed by atoms with E-state index in [1.165, 1.54) is 0 Å². The molecule has 0 unspecified atom stereocenters. The van der Waals surface area contributed by atoms with Crippen molar-refractivity contribution < 1.29 is 4.42 Å². The van der Waals surface area contributed by atoms with Crippen LogP contribution in [-0.2, 0) is 5.54 Å². The maximum Gasteiger partial charge on any atom is 0.235 e. The minimum Gasteiger partial charge on any atom is -0.422 e. The lowest BCUT2D eigenvalue weighted by Gasteiger charge is -2.11. The Bertz CT molecular complexity index is 309. The van der Waals surface area contributed by atoms with E-state index < -0.39 is 5.54 Å². The molecule has 1 aliphatic rings. The highest BCUT2D eigenvalue weighted by molar-refractivity contribution is 4.98. The lowest BCUT2D eigenvalue weighted by Crippen LogP contribution is -2.29. The van der Waals surface area contributed by atoms with Crippen molar-refractivity contribution in [2.45, 2.75) is 38.3 Å². The summed E-state index contributed by atoms with van der Waals surface area (Å²) < 4.78 is 5.52. The standard InChI is InChI=1S/C9H16N4O/c1-9(2,10)8-13-12-7(14-8)6-4-3-5-11-6/h6,11H,3-5,10H2,1-2H3/t6-/m0/s1. The fraction of sp³-hybridized carbons (Fsp3) is 0.778. The number of nitrogens with zero attached hydrogens (tertiary/aromatic N) is 2. The van der Waals surface area contributed by atoms with Crippen molar-refractivity contribution in [3.8, 4) is 0 Å². The molecule has 1 aromatic rings. The summed E-state index contributed by atoms with van der Waals surface area (Å²) in [4.78, 5) is 0. The van der Waals surface area contributed by atoms with Crippen molar-refractivity contribution in [3.63, 3.8) is 0 Å². The molecule has 0 aliphatic carbocycles. The van der Waals surface area contributed by atoms with E-state index in [-0.39, 0.29) is 6.04 Å². The van der Waals surface area contributed by atoms with Gasteiger partial charge in [-0.1, -0.05) is 0 Å². The van der Waals surface area contributed by atoms with Crippen molar-refractivity contribution >= 4 is 0 Å². The Morgan fingerprint density at radius 2 is 2.29 bits per heavy atom. The fourth-order valence-electron chi connectivity index (χ4n) is 1.53. The van der Waals surface area contributed by atoms with Gasteiger partial charge in [0.15, 0.2) is 0 Å². The first kappa shape index (κ1) is 9.61. The maximum atomic E-state index is 5.85. The lowest BCUT2D eigenvalue weighted by atomic mass is 10.1. The highest BCUT2D eigenvalue weighted by Crippen LogP contribution is 2.24. The molecule has 1 saturated heterocycles. The van der Waals surface area contributed by atoms with Gasteiger partial charge in [-0.3, -0.25) is 0 Å². The normalized spacial score (nSPS) is 22.9. The maximum absolute atomic E-state index is 5.85. The van der Waals surface area contributed by atoms with E-state index in [0.29, 0.717) is 11.8 Å². The van der Waals surface area contributed by atoms with Crippen molar-refractivity contribution in [3.05, 3.63) is 11.8 Å². The monoisotopic (exact) mass is 196 g/mol. The summed E-state index contributed by atoms with van der Waals surface area (Å²) in [7, 11) is 0. The minimum atomic E-state index is -0.552. The molecule has 1 fully saturated rings. The van der Waals surface area contributed by atoms with E-state index in [0.717, 1.165) is 19.4 Å². The Morgan fingerprint density at radius 1 is 1.50 bits per heavy atom. The molecular formula is C9H16N4O. The molecule has 78 valence electrons. The van der Waals surface area contributed by atoms with Crippen LogP contribution in [0.5, 0.6) is 0 Å². The number of rotatable bonds is 2. The van der Waals surface area contributed by atoms with Gasteiger partial charge < -0.3 is 15.5 Å². The summed E-state index contributed by atoms with van der Waals surface area (Å²) in [5.41, 5.74) is 5.30. The Labute approximate surface area is 83.1 Å². The third-order valence-corrected chi connectivity index (χ3v) is 2.35.